The molecule has 1 N–H and O–H groups in total. The highest BCUT2D eigenvalue weighted by atomic mass is 16.5. The van der Waals surface area contributed by atoms with Crippen LogP contribution in [0.5, 0.6) is 0 Å². The van der Waals surface area contributed by atoms with Gasteiger partial charge in [-0.1, -0.05) is 6.07 Å². The fourth-order valence-corrected chi connectivity index (χ4v) is 4.21. The van der Waals surface area contributed by atoms with Gasteiger partial charge in [-0.2, -0.15) is 0 Å². The largest absolute Gasteiger partial charge is 0.374 e. The van der Waals surface area contributed by atoms with Gasteiger partial charge in [0.1, 0.15) is 0 Å². The maximum atomic E-state index is 12.9. The number of morpholine rings is 1. The number of ether oxygens (including phenoxy) is 1. The van der Waals surface area contributed by atoms with Crippen LogP contribution in [0.15, 0.2) is 29.2 Å². The molecule has 3 atom stereocenters. The maximum absolute atomic E-state index is 12.9. The average Bonchev–Trinajstić information content (AvgIpc) is 3.50. The minimum atomic E-state index is -0.0976. The van der Waals surface area contributed by atoms with E-state index >= 15 is 0 Å². The molecule has 2 saturated carbocycles. The van der Waals surface area contributed by atoms with Gasteiger partial charge in [0.05, 0.1) is 18.8 Å². The van der Waals surface area contributed by atoms with Gasteiger partial charge in [0, 0.05) is 43.7 Å². The zero-order chi connectivity index (χ0) is 18.8. The Morgan fingerprint density at radius 2 is 2.04 bits per heavy atom. The second-order valence-electron chi connectivity index (χ2n) is 7.84. The van der Waals surface area contributed by atoms with Crippen molar-refractivity contribution >= 4 is 11.8 Å². The third-order valence-corrected chi connectivity index (χ3v) is 5.90. The smallest absolute Gasteiger partial charge is 0.250 e. The van der Waals surface area contributed by atoms with Gasteiger partial charge in [0.2, 0.25) is 11.8 Å². The number of aromatic nitrogens is 1. The summed E-state index contributed by atoms with van der Waals surface area (Å²) < 4.78 is 7.44. The van der Waals surface area contributed by atoms with Gasteiger partial charge in [-0.15, -0.1) is 0 Å². The van der Waals surface area contributed by atoms with Gasteiger partial charge in [-0.25, -0.2) is 0 Å². The van der Waals surface area contributed by atoms with Crippen LogP contribution in [0, 0.1) is 5.92 Å². The molecular weight excluding hydrogens is 346 g/mol. The van der Waals surface area contributed by atoms with Crippen molar-refractivity contribution in [3.63, 3.8) is 0 Å². The number of carbonyl (C=O) groups is 2. The predicted octanol–water partition coefficient (Wildman–Crippen LogP) is 0.913. The van der Waals surface area contributed by atoms with Crippen molar-refractivity contribution in [1.82, 2.24) is 14.8 Å². The van der Waals surface area contributed by atoms with Gasteiger partial charge < -0.3 is 19.5 Å². The molecule has 7 nitrogen and oxygen atoms in total. The predicted molar refractivity (Wildman–Crippen MR) is 99.1 cm³/mol. The molecule has 7 heteroatoms. The molecular formula is C20H27N3O4. The molecule has 2 amide bonds. The van der Waals surface area contributed by atoms with Crippen molar-refractivity contribution in [3.05, 3.63) is 34.7 Å². The van der Waals surface area contributed by atoms with Crippen molar-refractivity contribution < 1.29 is 14.3 Å². The lowest BCUT2D eigenvalue weighted by Gasteiger charge is -2.45. The van der Waals surface area contributed by atoms with Crippen molar-refractivity contribution in [2.75, 3.05) is 13.2 Å². The van der Waals surface area contributed by atoms with Gasteiger partial charge in [0.15, 0.2) is 0 Å². The molecule has 3 fully saturated rings. The van der Waals surface area contributed by atoms with E-state index in [0.717, 1.165) is 25.7 Å². The molecule has 2 aliphatic carbocycles. The molecule has 1 aromatic rings. The summed E-state index contributed by atoms with van der Waals surface area (Å²) in [5, 5.41) is 3.09. The first-order valence-electron chi connectivity index (χ1n) is 9.99. The van der Waals surface area contributed by atoms with Crippen LogP contribution in [0.1, 0.15) is 38.5 Å². The Balaban J connectivity index is 1.38. The molecule has 0 aromatic carbocycles. The maximum Gasteiger partial charge on any atom is 0.250 e. The van der Waals surface area contributed by atoms with E-state index in [2.05, 4.69) is 5.32 Å². The molecule has 0 spiro atoms. The number of aryl methyl sites for hydroxylation is 1. The monoisotopic (exact) mass is 373 g/mol. The van der Waals surface area contributed by atoms with E-state index in [1.807, 2.05) is 4.90 Å². The van der Waals surface area contributed by atoms with E-state index < -0.39 is 0 Å². The van der Waals surface area contributed by atoms with E-state index in [4.69, 9.17) is 4.74 Å². The molecule has 4 rings (SSSR count). The second-order valence-corrected chi connectivity index (χ2v) is 7.84. The molecule has 1 aromatic heterocycles. The number of nitrogens with zero attached hydrogens (tertiary/aromatic N) is 2. The summed E-state index contributed by atoms with van der Waals surface area (Å²) in [5.41, 5.74) is -0.0976. The lowest BCUT2D eigenvalue weighted by molar-refractivity contribution is -0.154. The Labute approximate surface area is 158 Å². The van der Waals surface area contributed by atoms with Crippen molar-refractivity contribution in [3.8, 4) is 0 Å². The number of rotatable bonds is 5. The second kappa shape index (κ2) is 7.84. The van der Waals surface area contributed by atoms with Crippen LogP contribution < -0.4 is 10.9 Å². The average molecular weight is 373 g/mol. The summed E-state index contributed by atoms with van der Waals surface area (Å²) in [4.78, 5) is 39.0. The van der Waals surface area contributed by atoms with Crippen molar-refractivity contribution in [2.45, 2.75) is 63.3 Å². The Bertz CT molecular complexity index is 758. The quantitative estimate of drug-likeness (QED) is 0.832. The third-order valence-electron chi connectivity index (χ3n) is 5.90. The highest BCUT2D eigenvalue weighted by Gasteiger charge is 2.42. The van der Waals surface area contributed by atoms with Crippen molar-refractivity contribution in [1.29, 1.82) is 0 Å². The van der Waals surface area contributed by atoms with Crippen LogP contribution in [0.25, 0.3) is 0 Å². The SMILES string of the molecule is O=C(NC1CC1)[C@H]1CC[C@H]2OCCN(C(=O)CCn3ccccc3=O)[C@@H]2C1. The molecule has 1 saturated heterocycles. The first kappa shape index (κ1) is 18.2. The normalized spacial score (nSPS) is 27.7. The number of pyridine rings is 1. The van der Waals surface area contributed by atoms with E-state index in [1.165, 1.54) is 6.07 Å². The number of fused-ring (bicyclic) bond motifs is 1. The minimum absolute atomic E-state index is 0.0205. The van der Waals surface area contributed by atoms with E-state index in [-0.39, 0.29) is 41.9 Å². The lowest BCUT2D eigenvalue weighted by Crippen LogP contribution is -2.57. The van der Waals surface area contributed by atoms with Gasteiger partial charge in [0.25, 0.3) is 5.56 Å². The molecule has 146 valence electrons. The Morgan fingerprint density at radius 1 is 1.19 bits per heavy atom. The fraction of sp³-hybridized carbons (Fsp3) is 0.650. The summed E-state index contributed by atoms with van der Waals surface area (Å²) >= 11 is 0. The number of hydrogen-bond donors (Lipinski definition) is 1. The fourth-order valence-electron chi connectivity index (χ4n) is 4.21. The molecule has 0 unspecified atom stereocenters. The molecule has 0 bridgehead atoms. The Morgan fingerprint density at radius 3 is 2.81 bits per heavy atom. The summed E-state index contributed by atoms with van der Waals surface area (Å²) in [6, 6.07) is 5.31. The van der Waals surface area contributed by atoms with Crippen molar-refractivity contribution in [2.24, 2.45) is 5.92 Å². The lowest BCUT2D eigenvalue weighted by atomic mass is 9.81. The minimum Gasteiger partial charge on any atom is -0.374 e. The molecule has 3 aliphatic rings. The molecule has 27 heavy (non-hydrogen) atoms. The van der Waals surface area contributed by atoms with Crippen LogP contribution in [-0.2, 0) is 20.9 Å². The van der Waals surface area contributed by atoms with Crippen LogP contribution in [0.4, 0.5) is 0 Å². The van der Waals surface area contributed by atoms with E-state index in [0.29, 0.717) is 32.2 Å². The standard InChI is InChI=1S/C20H27N3O4/c24-18-3-1-2-9-22(18)10-8-19(25)23-11-12-27-17-7-4-14(13-16(17)23)20(26)21-15-5-6-15/h1-3,9,14-17H,4-8,10-13H2,(H,21,26)/t14-,16+,17+/m0/s1. The first-order chi connectivity index (χ1) is 13.1. The topological polar surface area (TPSA) is 80.6 Å². The van der Waals surface area contributed by atoms with E-state index in [1.54, 1.807) is 22.9 Å². The highest BCUT2D eigenvalue weighted by Crippen LogP contribution is 2.33. The highest BCUT2D eigenvalue weighted by molar-refractivity contribution is 5.80. The Kier molecular flexibility index (Phi) is 5.29. The zero-order valence-electron chi connectivity index (χ0n) is 15.5. The summed E-state index contributed by atoms with van der Waals surface area (Å²) in [6.45, 7) is 1.47. The van der Waals surface area contributed by atoms with E-state index in [9.17, 15) is 14.4 Å². The Hall–Kier alpha value is -2.15. The van der Waals surface area contributed by atoms with Crippen LogP contribution in [-0.4, -0.2) is 52.6 Å². The summed E-state index contributed by atoms with van der Waals surface area (Å²) in [6.07, 6.45) is 6.47. The third kappa shape index (κ3) is 4.24. The number of nitrogens with one attached hydrogen (secondary N) is 1. The first-order valence-corrected chi connectivity index (χ1v) is 9.99. The molecule has 2 heterocycles. The number of hydrogen-bond acceptors (Lipinski definition) is 4. The summed E-state index contributed by atoms with van der Waals surface area (Å²) in [5.74, 6) is 0.123. The van der Waals surface area contributed by atoms with Gasteiger partial charge in [-0.05, 0) is 38.2 Å². The zero-order valence-corrected chi connectivity index (χ0v) is 15.5. The van der Waals surface area contributed by atoms with Gasteiger partial charge >= 0.3 is 0 Å². The van der Waals surface area contributed by atoms with Crippen LogP contribution in [0.3, 0.4) is 0 Å². The van der Waals surface area contributed by atoms with Gasteiger partial charge in [-0.3, -0.25) is 14.4 Å². The molecule has 1 aliphatic heterocycles. The summed E-state index contributed by atoms with van der Waals surface area (Å²) in [7, 11) is 0. The number of carbonyl (C=O) groups excluding carboxylic acids is 2. The molecule has 0 radical (unpaired) electrons. The van der Waals surface area contributed by atoms with Crippen LogP contribution in [0.2, 0.25) is 0 Å². The number of amides is 2. The van der Waals surface area contributed by atoms with Crippen LogP contribution >= 0.6 is 0 Å².